The summed E-state index contributed by atoms with van der Waals surface area (Å²) in [6, 6.07) is 9.34. The summed E-state index contributed by atoms with van der Waals surface area (Å²) in [7, 11) is 0. The molecule has 0 saturated carbocycles. The molecule has 0 spiro atoms. The Labute approximate surface area is 130 Å². The van der Waals surface area contributed by atoms with E-state index in [0.717, 1.165) is 17.5 Å². The van der Waals surface area contributed by atoms with Crippen LogP contribution in [0.1, 0.15) is 28.8 Å². The van der Waals surface area contributed by atoms with Gasteiger partial charge in [0.1, 0.15) is 17.7 Å². The first kappa shape index (κ1) is 14.6. The second kappa shape index (κ2) is 5.83. The largest absolute Gasteiger partial charge is 0.371 e. The second-order valence-electron chi connectivity index (χ2n) is 5.02. The van der Waals surface area contributed by atoms with Crippen LogP contribution < -0.4 is 5.73 Å². The Bertz CT molecular complexity index is 677. The molecule has 0 aromatic heterocycles. The summed E-state index contributed by atoms with van der Waals surface area (Å²) in [6.45, 7) is 0.493. The normalized spacial score (nSPS) is 19.1. The number of rotatable bonds is 2. The van der Waals surface area contributed by atoms with E-state index in [1.807, 2.05) is 24.3 Å². The van der Waals surface area contributed by atoms with E-state index in [2.05, 4.69) is 15.9 Å². The van der Waals surface area contributed by atoms with Gasteiger partial charge in [0.25, 0.3) is 0 Å². The van der Waals surface area contributed by atoms with Gasteiger partial charge in [0, 0.05) is 5.56 Å². The summed E-state index contributed by atoms with van der Waals surface area (Å²) in [5.74, 6) is -1.33. The molecule has 2 atom stereocenters. The molecule has 1 aliphatic heterocycles. The Balaban J connectivity index is 2.05. The van der Waals surface area contributed by atoms with Crippen LogP contribution in [-0.2, 0) is 11.2 Å². The van der Waals surface area contributed by atoms with Gasteiger partial charge >= 0.3 is 0 Å². The molecule has 0 radical (unpaired) electrons. The summed E-state index contributed by atoms with van der Waals surface area (Å²) in [5.41, 5.74) is 7.99. The highest BCUT2D eigenvalue weighted by atomic mass is 79.9. The van der Waals surface area contributed by atoms with Gasteiger partial charge in [-0.1, -0.05) is 24.3 Å². The molecule has 0 aliphatic carbocycles. The van der Waals surface area contributed by atoms with Crippen LogP contribution in [0.4, 0.5) is 8.78 Å². The molecule has 2 nitrogen and oxygen atoms in total. The predicted octanol–water partition coefficient (Wildman–Crippen LogP) is 4.04. The van der Waals surface area contributed by atoms with Gasteiger partial charge in [-0.05, 0) is 45.6 Å². The molecule has 5 heteroatoms. The summed E-state index contributed by atoms with van der Waals surface area (Å²) in [4.78, 5) is 0. The van der Waals surface area contributed by atoms with Crippen LogP contribution in [0.5, 0.6) is 0 Å². The molecule has 3 rings (SSSR count). The van der Waals surface area contributed by atoms with Gasteiger partial charge in [-0.15, -0.1) is 0 Å². The topological polar surface area (TPSA) is 35.2 Å². The third kappa shape index (κ3) is 2.61. The SMILES string of the molecule is NC(c1c(F)ccc(Br)c1F)C1OCCc2ccccc21. The van der Waals surface area contributed by atoms with Crippen molar-refractivity contribution in [2.24, 2.45) is 5.73 Å². The van der Waals surface area contributed by atoms with Gasteiger partial charge in [0.2, 0.25) is 0 Å². The Morgan fingerprint density at radius 2 is 1.95 bits per heavy atom. The number of halogens is 3. The molecule has 0 bridgehead atoms. The fourth-order valence-corrected chi connectivity index (χ4v) is 3.07. The Hall–Kier alpha value is -1.30. The number of fused-ring (bicyclic) bond motifs is 1. The maximum absolute atomic E-state index is 14.2. The summed E-state index contributed by atoms with van der Waals surface area (Å²) in [6.07, 6.45) is 0.233. The van der Waals surface area contributed by atoms with Crippen LogP contribution in [0.15, 0.2) is 40.9 Å². The molecular weight excluding hydrogens is 340 g/mol. The van der Waals surface area contributed by atoms with Gasteiger partial charge in [0.15, 0.2) is 0 Å². The zero-order valence-corrected chi connectivity index (χ0v) is 12.7. The fourth-order valence-electron chi connectivity index (χ4n) is 2.72. The van der Waals surface area contributed by atoms with E-state index < -0.39 is 23.8 Å². The zero-order valence-electron chi connectivity index (χ0n) is 11.2. The van der Waals surface area contributed by atoms with E-state index in [9.17, 15) is 8.78 Å². The number of nitrogens with two attached hydrogens (primary N) is 1. The van der Waals surface area contributed by atoms with Crippen LogP contribution >= 0.6 is 15.9 Å². The highest BCUT2D eigenvalue weighted by molar-refractivity contribution is 9.10. The van der Waals surface area contributed by atoms with Crippen molar-refractivity contribution in [3.05, 3.63) is 69.2 Å². The van der Waals surface area contributed by atoms with Gasteiger partial charge in [-0.25, -0.2) is 8.78 Å². The maximum atomic E-state index is 14.2. The van der Waals surface area contributed by atoms with Gasteiger partial charge in [-0.3, -0.25) is 0 Å². The monoisotopic (exact) mass is 353 g/mol. The third-order valence-electron chi connectivity index (χ3n) is 3.77. The lowest BCUT2D eigenvalue weighted by Crippen LogP contribution is -2.28. The van der Waals surface area contributed by atoms with Crippen molar-refractivity contribution in [1.29, 1.82) is 0 Å². The van der Waals surface area contributed by atoms with E-state index in [4.69, 9.17) is 10.5 Å². The maximum Gasteiger partial charge on any atom is 0.145 e. The molecular formula is C16H14BrF2NO. The molecule has 2 aromatic carbocycles. The lowest BCUT2D eigenvalue weighted by molar-refractivity contribution is 0.0225. The Kier molecular flexibility index (Phi) is 4.06. The highest BCUT2D eigenvalue weighted by Gasteiger charge is 2.31. The van der Waals surface area contributed by atoms with Gasteiger partial charge < -0.3 is 10.5 Å². The quantitative estimate of drug-likeness (QED) is 0.827. The average molecular weight is 354 g/mol. The Morgan fingerprint density at radius 3 is 2.76 bits per heavy atom. The van der Waals surface area contributed by atoms with E-state index in [0.29, 0.717) is 6.61 Å². The Morgan fingerprint density at radius 1 is 1.19 bits per heavy atom. The van der Waals surface area contributed by atoms with Crippen molar-refractivity contribution < 1.29 is 13.5 Å². The molecule has 1 aliphatic rings. The number of ether oxygens (including phenoxy) is 1. The van der Waals surface area contributed by atoms with Gasteiger partial charge in [0.05, 0.1) is 17.1 Å². The standard InChI is InChI=1S/C16H14BrF2NO/c17-11-5-6-12(18)13(14(11)19)15(20)16-10-4-2-1-3-9(10)7-8-21-16/h1-6,15-16H,7-8,20H2. The van der Waals surface area contributed by atoms with Crippen LogP contribution in [0.3, 0.4) is 0 Å². The number of benzene rings is 2. The minimum absolute atomic E-state index is 0.147. The van der Waals surface area contributed by atoms with Crippen molar-refractivity contribution in [2.45, 2.75) is 18.6 Å². The molecule has 2 N–H and O–H groups in total. The zero-order chi connectivity index (χ0) is 15.0. The minimum atomic E-state index is -0.899. The van der Waals surface area contributed by atoms with Crippen molar-refractivity contribution in [3.63, 3.8) is 0 Å². The van der Waals surface area contributed by atoms with Crippen LogP contribution in [0.25, 0.3) is 0 Å². The molecule has 21 heavy (non-hydrogen) atoms. The third-order valence-corrected chi connectivity index (χ3v) is 4.38. The van der Waals surface area contributed by atoms with Crippen molar-refractivity contribution in [3.8, 4) is 0 Å². The first-order chi connectivity index (χ1) is 10.1. The molecule has 110 valence electrons. The predicted molar refractivity (Wildman–Crippen MR) is 79.8 cm³/mol. The van der Waals surface area contributed by atoms with E-state index >= 15 is 0 Å². The molecule has 1 heterocycles. The summed E-state index contributed by atoms with van der Waals surface area (Å²) < 4.78 is 34.1. The molecule has 2 unspecified atom stereocenters. The smallest absolute Gasteiger partial charge is 0.145 e. The number of hydrogen-bond donors (Lipinski definition) is 1. The van der Waals surface area contributed by atoms with Crippen LogP contribution in [0.2, 0.25) is 0 Å². The van der Waals surface area contributed by atoms with Crippen LogP contribution in [0, 0.1) is 11.6 Å². The molecule has 0 saturated heterocycles. The molecule has 0 amide bonds. The second-order valence-corrected chi connectivity index (χ2v) is 5.88. The lowest BCUT2D eigenvalue weighted by Gasteiger charge is -2.31. The first-order valence-electron chi connectivity index (χ1n) is 6.68. The molecule has 2 aromatic rings. The van der Waals surface area contributed by atoms with Crippen molar-refractivity contribution in [1.82, 2.24) is 0 Å². The lowest BCUT2D eigenvalue weighted by atomic mass is 9.90. The molecule has 0 fully saturated rings. The first-order valence-corrected chi connectivity index (χ1v) is 7.47. The van der Waals surface area contributed by atoms with E-state index in [1.165, 1.54) is 12.1 Å². The number of hydrogen-bond acceptors (Lipinski definition) is 2. The minimum Gasteiger partial charge on any atom is -0.371 e. The van der Waals surface area contributed by atoms with Crippen LogP contribution in [-0.4, -0.2) is 6.61 Å². The van der Waals surface area contributed by atoms with Gasteiger partial charge in [-0.2, -0.15) is 0 Å². The average Bonchev–Trinajstić information content (AvgIpc) is 2.50. The van der Waals surface area contributed by atoms with E-state index in [-0.39, 0.29) is 10.0 Å². The summed E-state index contributed by atoms with van der Waals surface area (Å²) >= 11 is 3.07. The van der Waals surface area contributed by atoms with Crippen molar-refractivity contribution in [2.75, 3.05) is 6.61 Å². The highest BCUT2D eigenvalue weighted by Crippen LogP contribution is 2.38. The van der Waals surface area contributed by atoms with Crippen molar-refractivity contribution >= 4 is 15.9 Å². The summed E-state index contributed by atoms with van der Waals surface area (Å²) in [5, 5.41) is 0. The fraction of sp³-hybridized carbons (Fsp3) is 0.250. The van der Waals surface area contributed by atoms with E-state index in [1.54, 1.807) is 0 Å².